The first-order valence-electron chi connectivity index (χ1n) is 5.93. The highest BCUT2D eigenvalue weighted by Crippen LogP contribution is 2.13. The third-order valence-corrected chi connectivity index (χ3v) is 2.96. The average molecular weight is 253 g/mol. The van der Waals surface area contributed by atoms with Crippen LogP contribution in [0.1, 0.15) is 12.0 Å². The molecule has 1 N–H and O–H groups in total. The van der Waals surface area contributed by atoms with Crippen LogP contribution in [0.2, 0.25) is 0 Å². The summed E-state index contributed by atoms with van der Waals surface area (Å²) in [6, 6.07) is 6.09. The SMILES string of the molecule is O=C1COC(CCO)CN1Cc1ccc(F)cc1. The van der Waals surface area contributed by atoms with Crippen LogP contribution >= 0.6 is 0 Å². The Hall–Kier alpha value is -1.46. The zero-order chi connectivity index (χ0) is 13.0. The van der Waals surface area contributed by atoms with E-state index in [1.54, 1.807) is 17.0 Å². The van der Waals surface area contributed by atoms with E-state index in [0.29, 0.717) is 19.5 Å². The molecule has 1 fully saturated rings. The fourth-order valence-corrected chi connectivity index (χ4v) is 1.96. The molecule has 1 aromatic carbocycles. The summed E-state index contributed by atoms with van der Waals surface area (Å²) in [5.74, 6) is -0.362. The summed E-state index contributed by atoms with van der Waals surface area (Å²) in [6.45, 7) is 1.01. The lowest BCUT2D eigenvalue weighted by Gasteiger charge is -2.32. The number of rotatable bonds is 4. The van der Waals surface area contributed by atoms with Crippen molar-refractivity contribution in [2.45, 2.75) is 19.1 Å². The van der Waals surface area contributed by atoms with Crippen LogP contribution in [0.4, 0.5) is 4.39 Å². The van der Waals surface area contributed by atoms with Gasteiger partial charge in [0, 0.05) is 19.7 Å². The first-order chi connectivity index (χ1) is 8.69. The third-order valence-electron chi connectivity index (χ3n) is 2.96. The first-order valence-corrected chi connectivity index (χ1v) is 5.93. The summed E-state index contributed by atoms with van der Waals surface area (Å²) in [4.78, 5) is 13.4. The summed E-state index contributed by atoms with van der Waals surface area (Å²) >= 11 is 0. The van der Waals surface area contributed by atoms with Gasteiger partial charge in [0.05, 0.1) is 6.10 Å². The number of benzene rings is 1. The topological polar surface area (TPSA) is 49.8 Å². The third kappa shape index (κ3) is 3.27. The molecule has 1 unspecified atom stereocenters. The number of ether oxygens (including phenoxy) is 1. The van der Waals surface area contributed by atoms with E-state index < -0.39 is 0 Å². The van der Waals surface area contributed by atoms with Crippen molar-refractivity contribution >= 4 is 5.91 Å². The number of hydrogen-bond donors (Lipinski definition) is 1. The minimum Gasteiger partial charge on any atom is -0.396 e. The van der Waals surface area contributed by atoms with Gasteiger partial charge >= 0.3 is 0 Å². The maximum absolute atomic E-state index is 12.8. The van der Waals surface area contributed by atoms with Crippen LogP contribution in [0.25, 0.3) is 0 Å². The number of aliphatic hydroxyl groups excluding tert-OH is 1. The van der Waals surface area contributed by atoms with E-state index in [9.17, 15) is 9.18 Å². The molecule has 0 saturated carbocycles. The monoisotopic (exact) mass is 253 g/mol. The van der Waals surface area contributed by atoms with E-state index in [-0.39, 0.29) is 31.0 Å². The molecule has 1 amide bonds. The van der Waals surface area contributed by atoms with Gasteiger partial charge in [0.25, 0.3) is 0 Å². The van der Waals surface area contributed by atoms with Crippen molar-refractivity contribution in [2.75, 3.05) is 19.8 Å². The standard InChI is InChI=1S/C13H16FNO3/c14-11-3-1-10(2-4-11)7-15-8-12(5-6-16)18-9-13(15)17/h1-4,12,16H,5-9H2. The molecule has 0 bridgehead atoms. The molecule has 1 aliphatic rings. The van der Waals surface area contributed by atoms with Crippen LogP contribution in [0.5, 0.6) is 0 Å². The molecule has 2 rings (SSSR count). The lowest BCUT2D eigenvalue weighted by molar-refractivity contribution is -0.150. The smallest absolute Gasteiger partial charge is 0.248 e. The van der Waals surface area contributed by atoms with Crippen molar-refractivity contribution in [2.24, 2.45) is 0 Å². The van der Waals surface area contributed by atoms with Gasteiger partial charge in [-0.1, -0.05) is 12.1 Å². The van der Waals surface area contributed by atoms with E-state index in [4.69, 9.17) is 9.84 Å². The predicted molar refractivity (Wildman–Crippen MR) is 63.3 cm³/mol. The second-order valence-electron chi connectivity index (χ2n) is 4.35. The molecule has 1 heterocycles. The maximum atomic E-state index is 12.8. The molecule has 18 heavy (non-hydrogen) atoms. The fourth-order valence-electron chi connectivity index (χ4n) is 1.96. The molecular weight excluding hydrogens is 237 g/mol. The fraction of sp³-hybridized carbons (Fsp3) is 0.462. The Labute approximate surface area is 105 Å². The lowest BCUT2D eigenvalue weighted by atomic mass is 10.1. The van der Waals surface area contributed by atoms with Gasteiger partial charge in [-0.2, -0.15) is 0 Å². The Bertz CT molecular complexity index is 407. The van der Waals surface area contributed by atoms with Crippen LogP contribution in [0.3, 0.4) is 0 Å². The highest BCUT2D eigenvalue weighted by atomic mass is 19.1. The highest BCUT2D eigenvalue weighted by Gasteiger charge is 2.25. The zero-order valence-electron chi connectivity index (χ0n) is 10.0. The van der Waals surface area contributed by atoms with Crippen LogP contribution in [-0.4, -0.2) is 41.8 Å². The number of carbonyl (C=O) groups is 1. The van der Waals surface area contributed by atoms with Gasteiger partial charge in [-0.3, -0.25) is 4.79 Å². The zero-order valence-corrected chi connectivity index (χ0v) is 10.0. The number of nitrogens with zero attached hydrogens (tertiary/aromatic N) is 1. The van der Waals surface area contributed by atoms with Crippen molar-refractivity contribution < 1.29 is 19.0 Å². The van der Waals surface area contributed by atoms with Crippen molar-refractivity contribution in [3.8, 4) is 0 Å². The van der Waals surface area contributed by atoms with Gasteiger partial charge in [-0.15, -0.1) is 0 Å². The largest absolute Gasteiger partial charge is 0.396 e. The number of aliphatic hydroxyl groups is 1. The Morgan fingerprint density at radius 1 is 1.39 bits per heavy atom. The Morgan fingerprint density at radius 2 is 2.11 bits per heavy atom. The molecule has 1 aliphatic heterocycles. The molecular formula is C13H16FNO3. The molecule has 4 nitrogen and oxygen atoms in total. The predicted octanol–water partition coefficient (Wildman–Crippen LogP) is 0.935. The van der Waals surface area contributed by atoms with Crippen molar-refractivity contribution in [3.63, 3.8) is 0 Å². The van der Waals surface area contributed by atoms with Gasteiger partial charge in [0.1, 0.15) is 12.4 Å². The minimum absolute atomic E-state index is 0.0449. The minimum atomic E-state index is -0.287. The molecule has 0 spiro atoms. The second kappa shape index (κ2) is 5.93. The first kappa shape index (κ1) is 13.0. The van der Waals surface area contributed by atoms with Gasteiger partial charge < -0.3 is 14.7 Å². The summed E-state index contributed by atoms with van der Waals surface area (Å²) in [5.41, 5.74) is 0.884. The second-order valence-corrected chi connectivity index (χ2v) is 4.35. The number of hydrogen-bond acceptors (Lipinski definition) is 3. The van der Waals surface area contributed by atoms with Crippen molar-refractivity contribution in [1.82, 2.24) is 4.90 Å². The van der Waals surface area contributed by atoms with Gasteiger partial charge in [-0.25, -0.2) is 4.39 Å². The molecule has 1 saturated heterocycles. The molecule has 1 aromatic rings. The van der Waals surface area contributed by atoms with E-state index >= 15 is 0 Å². The Morgan fingerprint density at radius 3 is 2.78 bits per heavy atom. The van der Waals surface area contributed by atoms with Gasteiger partial charge in [0.15, 0.2) is 0 Å². The molecule has 0 aliphatic carbocycles. The van der Waals surface area contributed by atoms with Crippen LogP contribution in [-0.2, 0) is 16.1 Å². The Balaban J connectivity index is 1.98. The summed E-state index contributed by atoms with van der Waals surface area (Å²) < 4.78 is 18.1. The number of carbonyl (C=O) groups excluding carboxylic acids is 1. The maximum Gasteiger partial charge on any atom is 0.248 e. The number of morpholine rings is 1. The molecule has 5 heteroatoms. The van der Waals surface area contributed by atoms with E-state index in [1.165, 1.54) is 12.1 Å². The molecule has 0 aromatic heterocycles. The van der Waals surface area contributed by atoms with Crippen LogP contribution in [0, 0.1) is 5.82 Å². The average Bonchev–Trinajstić information content (AvgIpc) is 2.36. The van der Waals surface area contributed by atoms with Gasteiger partial charge in [0.2, 0.25) is 5.91 Å². The Kier molecular flexibility index (Phi) is 4.28. The summed E-state index contributed by atoms with van der Waals surface area (Å²) in [6.07, 6.45) is 0.404. The number of halogens is 1. The van der Waals surface area contributed by atoms with E-state index in [0.717, 1.165) is 5.56 Å². The lowest BCUT2D eigenvalue weighted by Crippen LogP contribution is -2.46. The van der Waals surface area contributed by atoms with Crippen LogP contribution < -0.4 is 0 Å². The quantitative estimate of drug-likeness (QED) is 0.868. The molecule has 98 valence electrons. The molecule has 0 radical (unpaired) electrons. The summed E-state index contributed by atoms with van der Waals surface area (Å²) in [7, 11) is 0. The number of amides is 1. The summed E-state index contributed by atoms with van der Waals surface area (Å²) in [5, 5.41) is 8.87. The molecule has 1 atom stereocenters. The van der Waals surface area contributed by atoms with Crippen molar-refractivity contribution in [1.29, 1.82) is 0 Å². The highest BCUT2D eigenvalue weighted by molar-refractivity contribution is 5.78. The van der Waals surface area contributed by atoms with Gasteiger partial charge in [-0.05, 0) is 24.1 Å². The van der Waals surface area contributed by atoms with Crippen LogP contribution in [0.15, 0.2) is 24.3 Å². The van der Waals surface area contributed by atoms with Crippen molar-refractivity contribution in [3.05, 3.63) is 35.6 Å². The van der Waals surface area contributed by atoms with E-state index in [2.05, 4.69) is 0 Å². The normalized spacial score (nSPS) is 20.2. The van der Waals surface area contributed by atoms with E-state index in [1.807, 2.05) is 0 Å².